The van der Waals surface area contributed by atoms with E-state index in [9.17, 15) is 49.2 Å². The van der Waals surface area contributed by atoms with E-state index in [4.69, 9.17) is 37.9 Å². The topological polar surface area (TPSA) is 257 Å². The fraction of sp³-hybridized carbons (Fsp3) is 0.453. The zero-order valence-electron chi connectivity index (χ0n) is 73.3. The lowest BCUT2D eigenvalue weighted by Gasteiger charge is -2.16. The quantitative estimate of drug-likeness (QED) is 0.0166. The maximum absolute atomic E-state index is 11.9. The smallest absolute Gasteiger partial charge is 0.331 e. The second kappa shape index (κ2) is 50.6. The van der Waals surface area contributed by atoms with Crippen LogP contribution < -0.4 is 9.47 Å². The number of carbonyl (C=O) groups excluding carboxylic acids is 6. The molecule has 8 aromatic carbocycles. The molecule has 18 heteroatoms. The van der Waals surface area contributed by atoms with Crippen molar-refractivity contribution in [3.63, 3.8) is 0 Å². The van der Waals surface area contributed by atoms with Crippen LogP contribution in [0.3, 0.4) is 0 Å². The van der Waals surface area contributed by atoms with Crippen molar-refractivity contribution < 1.29 is 87.1 Å². The zero-order valence-corrected chi connectivity index (χ0v) is 73.3. The second-order valence-electron chi connectivity index (χ2n) is 33.3. The van der Waals surface area contributed by atoms with E-state index in [1.807, 2.05) is 199 Å². The molecule has 14 rings (SSSR count). The Morgan fingerprint density at radius 3 is 0.774 bits per heavy atom. The highest BCUT2D eigenvalue weighted by molar-refractivity contribution is 5.93. The van der Waals surface area contributed by atoms with Gasteiger partial charge in [0.25, 0.3) is 0 Å². The molecule has 6 fully saturated rings. The minimum atomic E-state index is -0.271. The summed E-state index contributed by atoms with van der Waals surface area (Å²) in [4.78, 5) is 70.5. The Bertz CT molecular complexity index is 4250. The summed E-state index contributed by atoms with van der Waals surface area (Å²) in [5, 5.41) is 38.2. The Hall–Kier alpha value is -11.1. The summed E-state index contributed by atoms with van der Waals surface area (Å²) in [6.45, 7) is 27.7. The van der Waals surface area contributed by atoms with Gasteiger partial charge >= 0.3 is 35.8 Å². The molecule has 0 radical (unpaired) electrons. The molecule has 0 unspecified atom stereocenters. The summed E-state index contributed by atoms with van der Waals surface area (Å²) >= 11 is 0. The van der Waals surface area contributed by atoms with Gasteiger partial charge in [0.05, 0.1) is 65.3 Å². The molecule has 0 aliphatic heterocycles. The van der Waals surface area contributed by atoms with E-state index in [1.54, 1.807) is 60.7 Å². The summed E-state index contributed by atoms with van der Waals surface area (Å²) in [6, 6.07) is 65.0. The van der Waals surface area contributed by atoms with Crippen LogP contribution in [0.1, 0.15) is 230 Å². The SMILES string of the molecule is C.C.CCOC(=O)C=C(c1cccc(OCc2ccccc2)c1)[C@@H]1C[C@H]1C.CCOC(=O)C=C(c1cccc(OCc2ccccc2)c1)[C@H]1C[C@@H]1C.CCOC(=O)C[C@@H](c1cccc(O)c1)[C@@H]1C[C@H]1C.CCOC(=O)C[C@@H](c1cccc(O)c1)[C@H]1C[C@@H]1C.CCOC(=O)C[C@H](c1cccc(O)c1)[C@@H]1C[C@H]1C.CCOC(=O)C[C@H](c1cccc(O)c1)[C@H]1C[C@@H]1C. The number of carbonyl (C=O) groups is 6. The number of phenolic OH excluding ortho intramolecular Hbond substituents is 4. The van der Waals surface area contributed by atoms with Crippen molar-refractivity contribution in [3.8, 4) is 34.5 Å². The molecule has 8 aromatic rings. The summed E-state index contributed by atoms with van der Waals surface area (Å²) < 4.78 is 42.2. The van der Waals surface area contributed by atoms with Crippen molar-refractivity contribution in [2.75, 3.05) is 39.6 Å². The monoisotopic (exact) mass is 1700 g/mol. The molecule has 18 nitrogen and oxygen atoms in total. The van der Waals surface area contributed by atoms with Crippen molar-refractivity contribution in [1.82, 2.24) is 0 Å². The maximum atomic E-state index is 11.9. The van der Waals surface area contributed by atoms with E-state index in [2.05, 4.69) is 41.5 Å². The fourth-order valence-corrected chi connectivity index (χ4v) is 16.3. The summed E-state index contributed by atoms with van der Waals surface area (Å²) in [5.41, 5.74) is 10.6. The Morgan fingerprint density at radius 1 is 0.315 bits per heavy atom. The van der Waals surface area contributed by atoms with Gasteiger partial charge in [0.2, 0.25) is 0 Å². The molecule has 124 heavy (non-hydrogen) atoms. The summed E-state index contributed by atoms with van der Waals surface area (Å²) in [5.74, 6) is 9.06. The highest BCUT2D eigenvalue weighted by Gasteiger charge is 2.45. The molecule has 0 amide bonds. The average Bonchev–Trinajstić information content (AvgIpc) is 1.69. The van der Waals surface area contributed by atoms with Crippen molar-refractivity contribution in [1.29, 1.82) is 0 Å². The molecule has 16 atom stereocenters. The fourth-order valence-electron chi connectivity index (χ4n) is 16.3. The van der Waals surface area contributed by atoms with Gasteiger partial charge in [-0.15, -0.1) is 0 Å². The lowest BCUT2D eigenvalue weighted by Crippen LogP contribution is -2.12. The normalized spacial score (nSPS) is 21.4. The van der Waals surface area contributed by atoms with Crippen LogP contribution in [-0.4, -0.2) is 95.9 Å². The van der Waals surface area contributed by atoms with E-state index < -0.39 is 0 Å². The molecule has 6 aliphatic carbocycles. The van der Waals surface area contributed by atoms with Gasteiger partial charge in [-0.2, -0.15) is 0 Å². The van der Waals surface area contributed by atoms with Crippen LogP contribution in [0.2, 0.25) is 0 Å². The number of phenols is 4. The molecule has 668 valence electrons. The van der Waals surface area contributed by atoms with Crippen LogP contribution >= 0.6 is 0 Å². The lowest BCUT2D eigenvalue weighted by molar-refractivity contribution is -0.144. The van der Waals surface area contributed by atoms with Gasteiger partial charge in [-0.05, 0) is 303 Å². The number of aromatic hydroxyl groups is 4. The first kappa shape index (κ1) is 100.0. The van der Waals surface area contributed by atoms with Gasteiger partial charge in [-0.3, -0.25) is 19.2 Å². The molecular formula is C106H136O18. The molecule has 6 aliphatic rings. The highest BCUT2D eigenvalue weighted by atomic mass is 16.6. The Morgan fingerprint density at radius 2 is 0.556 bits per heavy atom. The van der Waals surface area contributed by atoms with Gasteiger partial charge in [-0.25, -0.2) is 9.59 Å². The molecular weight excluding hydrogens is 1560 g/mol. The van der Waals surface area contributed by atoms with Crippen molar-refractivity contribution in [2.24, 2.45) is 71.0 Å². The van der Waals surface area contributed by atoms with Crippen LogP contribution in [0.15, 0.2) is 218 Å². The molecule has 6 saturated carbocycles. The third-order valence-corrected chi connectivity index (χ3v) is 23.7. The number of hydrogen-bond acceptors (Lipinski definition) is 18. The van der Waals surface area contributed by atoms with E-state index in [-0.39, 0.29) is 97.3 Å². The first-order valence-electron chi connectivity index (χ1n) is 43.9. The third kappa shape index (κ3) is 33.2. The number of hydrogen-bond donors (Lipinski definition) is 4. The molecule has 0 heterocycles. The minimum absolute atomic E-state index is 0. The van der Waals surface area contributed by atoms with E-state index in [0.29, 0.717) is 150 Å². The summed E-state index contributed by atoms with van der Waals surface area (Å²) in [6.07, 6.45) is 11.8. The third-order valence-electron chi connectivity index (χ3n) is 23.7. The van der Waals surface area contributed by atoms with Crippen LogP contribution in [0, 0.1) is 71.0 Å². The predicted molar refractivity (Wildman–Crippen MR) is 489 cm³/mol. The van der Waals surface area contributed by atoms with Gasteiger partial charge in [0.15, 0.2) is 0 Å². The number of rotatable bonds is 34. The van der Waals surface area contributed by atoms with Gasteiger partial charge < -0.3 is 58.3 Å². The number of allylic oxidation sites excluding steroid dienone is 2. The van der Waals surface area contributed by atoms with Gasteiger partial charge in [0, 0.05) is 12.2 Å². The van der Waals surface area contributed by atoms with Crippen molar-refractivity contribution >= 4 is 47.0 Å². The second-order valence-corrected chi connectivity index (χ2v) is 33.3. The maximum Gasteiger partial charge on any atom is 0.331 e. The Balaban J connectivity index is 0.000000205. The van der Waals surface area contributed by atoms with E-state index in [1.165, 1.54) is 0 Å². The van der Waals surface area contributed by atoms with Crippen molar-refractivity contribution in [2.45, 2.75) is 199 Å². The van der Waals surface area contributed by atoms with Crippen LogP contribution in [0.4, 0.5) is 0 Å². The highest BCUT2D eigenvalue weighted by Crippen LogP contribution is 2.54. The standard InChI is InChI=1S/2C22H24O3.4C15H20O3.2CH4/c2*1-3-24-22(23)14-21(20-12-16(20)2)18-10-7-11-19(13-18)25-15-17-8-5-4-6-9-17;4*1-3-18-15(17)9-14(13-7-10(13)2)11-5-4-6-12(16)8-11;;/h2*4-11,13-14,16,20H,3,12,15H2,1-2H3;4*4-6,8,10,13-14,16H,3,7,9H2,1-2H3;2*1H4/t2*16-,20-;2*10-,13-,14+;2*10-,13-,14-;;/m101010../s1. The van der Waals surface area contributed by atoms with E-state index >= 15 is 0 Å². The molecule has 4 N–H and O–H groups in total. The minimum Gasteiger partial charge on any atom is -0.508 e. The number of esters is 6. The van der Waals surface area contributed by atoms with Crippen LogP contribution in [0.5, 0.6) is 34.5 Å². The number of benzene rings is 8. The predicted octanol–water partition coefficient (Wildman–Crippen LogP) is 23.3. The Labute approximate surface area is 737 Å². The van der Waals surface area contributed by atoms with Crippen LogP contribution in [-0.2, 0) is 70.4 Å². The lowest BCUT2D eigenvalue weighted by atomic mass is 9.90. The van der Waals surface area contributed by atoms with E-state index in [0.717, 1.165) is 106 Å². The molecule has 0 bridgehead atoms. The molecule has 0 aromatic heterocycles. The summed E-state index contributed by atoms with van der Waals surface area (Å²) in [7, 11) is 0. The first-order chi connectivity index (χ1) is 58.8. The largest absolute Gasteiger partial charge is 0.508 e. The van der Waals surface area contributed by atoms with Crippen LogP contribution in [0.25, 0.3) is 11.1 Å². The van der Waals surface area contributed by atoms with Gasteiger partial charge in [0.1, 0.15) is 47.7 Å². The number of ether oxygens (including phenoxy) is 8. The van der Waals surface area contributed by atoms with Crippen molar-refractivity contribution in [3.05, 3.63) is 263 Å². The average molecular weight is 1700 g/mol. The zero-order chi connectivity index (χ0) is 87.8. The first-order valence-corrected chi connectivity index (χ1v) is 43.9. The van der Waals surface area contributed by atoms with Gasteiger partial charge in [-0.1, -0.05) is 190 Å². The molecule has 0 spiro atoms. The molecule has 0 saturated heterocycles. The Kier molecular flexibility index (Phi) is 40.8.